The number of aliphatic hydroxyl groups is 1. The van der Waals surface area contributed by atoms with E-state index in [2.05, 4.69) is 10.2 Å². The van der Waals surface area contributed by atoms with Gasteiger partial charge in [0.05, 0.1) is 12.3 Å². The van der Waals surface area contributed by atoms with Crippen molar-refractivity contribution in [1.82, 2.24) is 0 Å². The van der Waals surface area contributed by atoms with Crippen LogP contribution in [0.15, 0.2) is 64.8 Å². The van der Waals surface area contributed by atoms with Gasteiger partial charge in [0, 0.05) is 0 Å². The van der Waals surface area contributed by atoms with Gasteiger partial charge in [-0.15, -0.1) is 5.11 Å². The van der Waals surface area contributed by atoms with E-state index in [1.807, 2.05) is 48.5 Å². The van der Waals surface area contributed by atoms with Gasteiger partial charge in [-0.1, -0.05) is 30.3 Å². The molecule has 4 heteroatoms. The van der Waals surface area contributed by atoms with Gasteiger partial charge in [-0.25, -0.2) is 0 Å². The summed E-state index contributed by atoms with van der Waals surface area (Å²) in [5.74, 6) is 0.617. The van der Waals surface area contributed by atoms with E-state index >= 15 is 0 Å². The summed E-state index contributed by atoms with van der Waals surface area (Å²) in [7, 11) is 0. The minimum Gasteiger partial charge on any atom is -0.489 e. The molecule has 2 rings (SSSR count). The first-order chi connectivity index (χ1) is 8.90. The Bertz CT molecular complexity index is 512. The SMILES string of the molecule is OCCOc1ccccc1N=Nc1ccccc1. The number of nitrogens with zero attached hydrogens (tertiary/aromatic N) is 2. The molecule has 0 heterocycles. The summed E-state index contributed by atoms with van der Waals surface area (Å²) in [5.41, 5.74) is 1.43. The molecule has 0 aliphatic rings. The van der Waals surface area contributed by atoms with Crippen molar-refractivity contribution in [3.63, 3.8) is 0 Å². The molecule has 18 heavy (non-hydrogen) atoms. The van der Waals surface area contributed by atoms with Gasteiger partial charge in [0.25, 0.3) is 0 Å². The van der Waals surface area contributed by atoms with Gasteiger partial charge in [-0.2, -0.15) is 5.11 Å². The number of aliphatic hydroxyl groups excluding tert-OH is 1. The number of ether oxygens (including phenoxy) is 1. The van der Waals surface area contributed by atoms with E-state index in [0.717, 1.165) is 5.69 Å². The summed E-state index contributed by atoms with van der Waals surface area (Å²) < 4.78 is 5.37. The highest BCUT2D eigenvalue weighted by Crippen LogP contribution is 2.28. The Kier molecular flexibility index (Phi) is 4.44. The van der Waals surface area contributed by atoms with Crippen LogP contribution in [0.3, 0.4) is 0 Å². The van der Waals surface area contributed by atoms with Crippen molar-refractivity contribution in [1.29, 1.82) is 0 Å². The Morgan fingerprint density at radius 3 is 2.39 bits per heavy atom. The molecule has 4 nitrogen and oxygen atoms in total. The van der Waals surface area contributed by atoms with Crippen LogP contribution in [-0.4, -0.2) is 18.3 Å². The molecular formula is C14H14N2O2. The summed E-state index contributed by atoms with van der Waals surface area (Å²) in [6.07, 6.45) is 0. The molecule has 0 bridgehead atoms. The predicted octanol–water partition coefficient (Wildman–Crippen LogP) is 3.47. The average Bonchev–Trinajstić information content (AvgIpc) is 2.45. The Morgan fingerprint density at radius 2 is 1.61 bits per heavy atom. The molecule has 0 aromatic heterocycles. The molecular weight excluding hydrogens is 228 g/mol. The number of hydrogen-bond donors (Lipinski definition) is 1. The first kappa shape index (κ1) is 12.3. The van der Waals surface area contributed by atoms with E-state index in [-0.39, 0.29) is 13.2 Å². The Hall–Kier alpha value is -2.20. The topological polar surface area (TPSA) is 54.2 Å². The van der Waals surface area contributed by atoms with Gasteiger partial charge in [0.1, 0.15) is 18.0 Å². The number of rotatable bonds is 5. The third kappa shape index (κ3) is 3.40. The third-order valence-electron chi connectivity index (χ3n) is 2.24. The van der Waals surface area contributed by atoms with E-state index in [9.17, 15) is 0 Å². The number of hydrogen-bond acceptors (Lipinski definition) is 4. The van der Waals surface area contributed by atoms with Crippen LogP contribution in [0, 0.1) is 0 Å². The second kappa shape index (κ2) is 6.51. The van der Waals surface area contributed by atoms with Gasteiger partial charge >= 0.3 is 0 Å². The minimum absolute atomic E-state index is 0.0236. The Labute approximate surface area is 106 Å². The van der Waals surface area contributed by atoms with Crippen molar-refractivity contribution in [2.24, 2.45) is 10.2 Å². The molecule has 0 saturated heterocycles. The maximum atomic E-state index is 8.75. The highest BCUT2D eigenvalue weighted by Gasteiger charge is 2.00. The lowest BCUT2D eigenvalue weighted by Crippen LogP contribution is -2.01. The van der Waals surface area contributed by atoms with E-state index in [1.54, 1.807) is 6.07 Å². The summed E-state index contributed by atoms with van der Waals surface area (Å²) >= 11 is 0. The van der Waals surface area contributed by atoms with Gasteiger partial charge in [0.2, 0.25) is 0 Å². The second-order valence-corrected chi connectivity index (χ2v) is 3.58. The quantitative estimate of drug-likeness (QED) is 0.816. The smallest absolute Gasteiger partial charge is 0.146 e. The highest BCUT2D eigenvalue weighted by molar-refractivity contribution is 5.51. The van der Waals surface area contributed by atoms with Crippen LogP contribution in [0.5, 0.6) is 5.75 Å². The molecule has 92 valence electrons. The van der Waals surface area contributed by atoms with Crippen LogP contribution < -0.4 is 4.74 Å². The lowest BCUT2D eigenvalue weighted by Gasteiger charge is -2.05. The lowest BCUT2D eigenvalue weighted by molar-refractivity contribution is 0.202. The van der Waals surface area contributed by atoms with Crippen LogP contribution in [0.25, 0.3) is 0 Å². The molecule has 2 aromatic rings. The van der Waals surface area contributed by atoms with E-state index in [1.165, 1.54) is 0 Å². The van der Waals surface area contributed by atoms with Crippen molar-refractivity contribution in [2.75, 3.05) is 13.2 Å². The Morgan fingerprint density at radius 1 is 0.889 bits per heavy atom. The fourth-order valence-corrected chi connectivity index (χ4v) is 1.42. The normalized spacial score (nSPS) is 10.7. The van der Waals surface area contributed by atoms with Crippen LogP contribution in [0.2, 0.25) is 0 Å². The zero-order valence-electron chi connectivity index (χ0n) is 9.86. The molecule has 2 aromatic carbocycles. The molecule has 0 radical (unpaired) electrons. The maximum absolute atomic E-state index is 8.75. The van der Waals surface area contributed by atoms with Gasteiger partial charge in [-0.05, 0) is 24.3 Å². The Balaban J connectivity index is 2.15. The zero-order valence-corrected chi connectivity index (χ0v) is 9.86. The van der Waals surface area contributed by atoms with Gasteiger partial charge < -0.3 is 9.84 Å². The molecule has 0 amide bonds. The van der Waals surface area contributed by atoms with Crippen LogP contribution in [0.1, 0.15) is 0 Å². The molecule has 0 unspecified atom stereocenters. The van der Waals surface area contributed by atoms with E-state index in [4.69, 9.17) is 9.84 Å². The van der Waals surface area contributed by atoms with E-state index < -0.39 is 0 Å². The van der Waals surface area contributed by atoms with Crippen molar-refractivity contribution >= 4 is 11.4 Å². The largest absolute Gasteiger partial charge is 0.489 e. The van der Waals surface area contributed by atoms with Crippen molar-refractivity contribution in [3.05, 3.63) is 54.6 Å². The summed E-state index contributed by atoms with van der Waals surface area (Å²) in [4.78, 5) is 0. The summed E-state index contributed by atoms with van der Waals surface area (Å²) in [6, 6.07) is 16.8. The van der Waals surface area contributed by atoms with E-state index in [0.29, 0.717) is 11.4 Å². The maximum Gasteiger partial charge on any atom is 0.146 e. The zero-order chi connectivity index (χ0) is 12.6. The minimum atomic E-state index is -0.0236. The number of benzene rings is 2. The van der Waals surface area contributed by atoms with Crippen LogP contribution in [0.4, 0.5) is 11.4 Å². The van der Waals surface area contributed by atoms with Crippen molar-refractivity contribution < 1.29 is 9.84 Å². The fraction of sp³-hybridized carbons (Fsp3) is 0.143. The molecule has 0 saturated carbocycles. The molecule has 0 atom stereocenters. The van der Waals surface area contributed by atoms with Crippen molar-refractivity contribution in [2.45, 2.75) is 0 Å². The summed E-state index contributed by atoms with van der Waals surface area (Å²) in [5, 5.41) is 17.0. The van der Waals surface area contributed by atoms with Crippen LogP contribution in [-0.2, 0) is 0 Å². The van der Waals surface area contributed by atoms with Crippen molar-refractivity contribution in [3.8, 4) is 5.75 Å². The first-order valence-electron chi connectivity index (χ1n) is 5.69. The molecule has 1 N–H and O–H groups in total. The average molecular weight is 242 g/mol. The molecule has 0 aliphatic carbocycles. The second-order valence-electron chi connectivity index (χ2n) is 3.58. The number of azo groups is 1. The molecule has 0 fully saturated rings. The monoisotopic (exact) mass is 242 g/mol. The standard InChI is InChI=1S/C14H14N2O2/c17-10-11-18-14-9-5-4-8-13(14)16-15-12-6-2-1-3-7-12/h1-9,17H,10-11H2. The first-order valence-corrected chi connectivity index (χ1v) is 5.69. The third-order valence-corrected chi connectivity index (χ3v) is 2.24. The van der Waals surface area contributed by atoms with Crippen LogP contribution >= 0.6 is 0 Å². The lowest BCUT2D eigenvalue weighted by atomic mass is 10.3. The summed E-state index contributed by atoms with van der Waals surface area (Å²) in [6.45, 7) is 0.224. The molecule has 0 aliphatic heterocycles. The van der Waals surface area contributed by atoms with Gasteiger partial charge in [-0.3, -0.25) is 0 Å². The molecule has 0 spiro atoms. The number of para-hydroxylation sites is 1. The fourth-order valence-electron chi connectivity index (χ4n) is 1.42. The predicted molar refractivity (Wildman–Crippen MR) is 69.6 cm³/mol. The van der Waals surface area contributed by atoms with Gasteiger partial charge in [0.15, 0.2) is 0 Å². The highest BCUT2D eigenvalue weighted by atomic mass is 16.5.